The Labute approximate surface area is 133 Å². The Bertz CT molecular complexity index is 887. The number of benzene rings is 1. The largest absolute Gasteiger partial charge is 0.506 e. The van der Waals surface area contributed by atoms with Crippen molar-refractivity contribution < 1.29 is 18.3 Å². The maximum absolute atomic E-state index is 12.0. The highest BCUT2D eigenvalue weighted by molar-refractivity contribution is 7.91. The number of pyridine rings is 1. The molecule has 1 aromatic heterocycles. The van der Waals surface area contributed by atoms with Gasteiger partial charge in [-0.25, -0.2) is 8.42 Å². The predicted octanol–water partition coefficient (Wildman–Crippen LogP) is 0.986. The fraction of sp³-hybridized carbons (Fsp3) is 0.200. The minimum atomic E-state index is -3.46. The molecule has 0 saturated heterocycles. The molecule has 0 unspecified atom stereocenters. The summed E-state index contributed by atoms with van der Waals surface area (Å²) in [5, 5.41) is 12.2. The van der Waals surface area contributed by atoms with Crippen LogP contribution < -0.4 is 10.9 Å². The molecule has 0 spiro atoms. The molecule has 1 amide bonds. The second-order valence-corrected chi connectivity index (χ2v) is 7.08. The van der Waals surface area contributed by atoms with Crippen molar-refractivity contribution in [2.45, 2.75) is 18.4 Å². The number of phenols is 1. The van der Waals surface area contributed by atoms with E-state index in [1.165, 1.54) is 42.0 Å². The van der Waals surface area contributed by atoms with Gasteiger partial charge in [-0.3, -0.25) is 9.59 Å². The number of aromatic nitrogens is 1. The first-order valence-corrected chi connectivity index (χ1v) is 8.50. The average Bonchev–Trinajstić information content (AvgIpc) is 2.51. The van der Waals surface area contributed by atoms with Crippen LogP contribution in [0.25, 0.3) is 0 Å². The van der Waals surface area contributed by atoms with Crippen LogP contribution in [0.15, 0.2) is 52.3 Å². The topological polar surface area (TPSA) is 105 Å². The van der Waals surface area contributed by atoms with Crippen LogP contribution in [-0.4, -0.2) is 29.8 Å². The van der Waals surface area contributed by atoms with Crippen molar-refractivity contribution in [1.29, 1.82) is 0 Å². The summed E-state index contributed by atoms with van der Waals surface area (Å²) in [6.45, 7) is 1.26. The molecule has 2 rings (SSSR count). The zero-order chi connectivity index (χ0) is 17.0. The van der Waals surface area contributed by atoms with Crippen molar-refractivity contribution in [3.05, 3.63) is 52.9 Å². The SMILES string of the molecule is CCS(=O)(=O)c1ccc(O)c(NC(=O)Cn2ccccc2=O)c1. The minimum Gasteiger partial charge on any atom is -0.506 e. The van der Waals surface area contributed by atoms with Gasteiger partial charge in [0.05, 0.1) is 16.3 Å². The Kier molecular flexibility index (Phi) is 4.85. The molecule has 0 atom stereocenters. The minimum absolute atomic E-state index is 0.00461. The number of anilines is 1. The predicted molar refractivity (Wildman–Crippen MR) is 85.2 cm³/mol. The fourth-order valence-corrected chi connectivity index (χ4v) is 2.82. The van der Waals surface area contributed by atoms with Gasteiger partial charge in [0, 0.05) is 12.3 Å². The molecule has 0 aliphatic rings. The zero-order valence-corrected chi connectivity index (χ0v) is 13.2. The first-order valence-electron chi connectivity index (χ1n) is 6.84. The summed E-state index contributed by atoms with van der Waals surface area (Å²) in [7, 11) is -3.46. The van der Waals surface area contributed by atoms with Crippen LogP contribution in [0.1, 0.15) is 6.92 Å². The summed E-state index contributed by atoms with van der Waals surface area (Å²) in [4.78, 5) is 23.5. The molecule has 7 nitrogen and oxygen atoms in total. The zero-order valence-electron chi connectivity index (χ0n) is 12.4. The Hall–Kier alpha value is -2.61. The van der Waals surface area contributed by atoms with E-state index in [1.54, 1.807) is 12.1 Å². The molecule has 23 heavy (non-hydrogen) atoms. The number of rotatable bonds is 5. The molecular formula is C15H16N2O5S. The first kappa shape index (κ1) is 16.8. The van der Waals surface area contributed by atoms with Gasteiger partial charge in [-0.05, 0) is 24.3 Å². The lowest BCUT2D eigenvalue weighted by atomic mass is 10.3. The van der Waals surface area contributed by atoms with Gasteiger partial charge in [-0.2, -0.15) is 0 Å². The van der Waals surface area contributed by atoms with Crippen LogP contribution >= 0.6 is 0 Å². The molecule has 0 saturated carbocycles. The second kappa shape index (κ2) is 6.66. The van der Waals surface area contributed by atoms with Gasteiger partial charge in [-0.15, -0.1) is 0 Å². The molecule has 0 aliphatic heterocycles. The number of amides is 1. The standard InChI is InChI=1S/C15H16N2O5S/c1-2-23(21,22)11-6-7-13(18)12(9-11)16-14(19)10-17-8-4-3-5-15(17)20/h3-9,18H,2,10H2,1H3,(H,16,19). The summed E-state index contributed by atoms with van der Waals surface area (Å²) >= 11 is 0. The second-order valence-electron chi connectivity index (χ2n) is 4.80. The van der Waals surface area contributed by atoms with Crippen LogP contribution in [0, 0.1) is 0 Å². The highest BCUT2D eigenvalue weighted by Crippen LogP contribution is 2.26. The highest BCUT2D eigenvalue weighted by Gasteiger charge is 2.15. The van der Waals surface area contributed by atoms with Crippen LogP contribution in [0.2, 0.25) is 0 Å². The van der Waals surface area contributed by atoms with E-state index >= 15 is 0 Å². The monoisotopic (exact) mass is 336 g/mol. The van der Waals surface area contributed by atoms with E-state index in [2.05, 4.69) is 5.32 Å². The van der Waals surface area contributed by atoms with E-state index in [1.807, 2.05) is 0 Å². The van der Waals surface area contributed by atoms with Crippen LogP contribution in [0.3, 0.4) is 0 Å². The summed E-state index contributed by atoms with van der Waals surface area (Å²) in [6.07, 6.45) is 1.46. The smallest absolute Gasteiger partial charge is 0.250 e. The number of sulfone groups is 1. The molecule has 0 fully saturated rings. The average molecular weight is 336 g/mol. The maximum Gasteiger partial charge on any atom is 0.250 e. The number of hydrogen-bond donors (Lipinski definition) is 2. The Morgan fingerprint density at radius 3 is 2.65 bits per heavy atom. The van der Waals surface area contributed by atoms with Gasteiger partial charge in [0.25, 0.3) is 5.56 Å². The lowest BCUT2D eigenvalue weighted by Gasteiger charge is -2.10. The van der Waals surface area contributed by atoms with Crippen molar-refractivity contribution in [3.63, 3.8) is 0 Å². The summed E-state index contributed by atoms with van der Waals surface area (Å²) in [6, 6.07) is 8.15. The molecule has 2 N–H and O–H groups in total. The van der Waals surface area contributed by atoms with E-state index < -0.39 is 15.7 Å². The normalized spacial score (nSPS) is 11.2. The molecular weight excluding hydrogens is 320 g/mol. The van der Waals surface area contributed by atoms with E-state index in [0.717, 1.165) is 0 Å². The molecule has 8 heteroatoms. The molecule has 0 aliphatic carbocycles. The summed E-state index contributed by atoms with van der Waals surface area (Å²) < 4.78 is 24.9. The Balaban J connectivity index is 2.23. The number of aromatic hydroxyl groups is 1. The Morgan fingerprint density at radius 2 is 2.00 bits per heavy atom. The molecule has 1 aromatic carbocycles. The van der Waals surface area contributed by atoms with Crippen molar-refractivity contribution >= 4 is 21.4 Å². The van der Waals surface area contributed by atoms with E-state index in [4.69, 9.17) is 0 Å². The van der Waals surface area contributed by atoms with Gasteiger partial charge < -0.3 is 15.0 Å². The number of nitrogens with one attached hydrogen (secondary N) is 1. The van der Waals surface area contributed by atoms with Crippen LogP contribution in [0.5, 0.6) is 5.75 Å². The van der Waals surface area contributed by atoms with Gasteiger partial charge >= 0.3 is 0 Å². The number of nitrogens with zero attached hydrogens (tertiary/aromatic N) is 1. The van der Waals surface area contributed by atoms with E-state index in [0.29, 0.717) is 0 Å². The maximum atomic E-state index is 12.0. The molecule has 0 radical (unpaired) electrons. The van der Waals surface area contributed by atoms with Gasteiger partial charge in [0.15, 0.2) is 9.84 Å². The highest BCUT2D eigenvalue weighted by atomic mass is 32.2. The molecule has 1 heterocycles. The number of carbonyl (C=O) groups is 1. The van der Waals surface area contributed by atoms with Gasteiger partial charge in [0.2, 0.25) is 5.91 Å². The van der Waals surface area contributed by atoms with Crippen molar-refractivity contribution in [2.24, 2.45) is 0 Å². The molecule has 2 aromatic rings. The third kappa shape index (κ3) is 3.98. The third-order valence-corrected chi connectivity index (χ3v) is 4.93. The van der Waals surface area contributed by atoms with Crippen molar-refractivity contribution in [1.82, 2.24) is 4.57 Å². The van der Waals surface area contributed by atoms with Crippen molar-refractivity contribution in [3.8, 4) is 5.75 Å². The van der Waals surface area contributed by atoms with Crippen molar-refractivity contribution in [2.75, 3.05) is 11.1 Å². The first-order chi connectivity index (χ1) is 10.8. The fourth-order valence-electron chi connectivity index (χ4n) is 1.91. The summed E-state index contributed by atoms with van der Waals surface area (Å²) in [5.74, 6) is -0.904. The molecule has 0 bridgehead atoms. The lowest BCUT2D eigenvalue weighted by molar-refractivity contribution is -0.116. The lowest BCUT2D eigenvalue weighted by Crippen LogP contribution is -2.26. The third-order valence-electron chi connectivity index (χ3n) is 3.19. The van der Waals surface area contributed by atoms with Crippen LogP contribution in [0.4, 0.5) is 5.69 Å². The van der Waals surface area contributed by atoms with Crippen LogP contribution in [-0.2, 0) is 21.2 Å². The number of phenolic OH excluding ortho intramolecular Hbond substituents is 1. The molecule has 122 valence electrons. The quantitative estimate of drug-likeness (QED) is 0.792. The summed E-state index contributed by atoms with van der Waals surface area (Å²) in [5.41, 5.74) is -0.359. The van der Waals surface area contributed by atoms with Gasteiger partial charge in [-0.1, -0.05) is 13.0 Å². The Morgan fingerprint density at radius 1 is 1.26 bits per heavy atom. The van der Waals surface area contributed by atoms with E-state index in [-0.39, 0.29) is 34.2 Å². The van der Waals surface area contributed by atoms with E-state index in [9.17, 15) is 23.1 Å². The van der Waals surface area contributed by atoms with Gasteiger partial charge in [0.1, 0.15) is 12.3 Å². The number of hydrogen-bond acceptors (Lipinski definition) is 5. The number of carbonyl (C=O) groups excluding carboxylic acids is 1.